The van der Waals surface area contributed by atoms with Crippen molar-refractivity contribution in [2.75, 3.05) is 19.6 Å². The second kappa shape index (κ2) is 6.28. The van der Waals surface area contributed by atoms with Gasteiger partial charge >= 0.3 is 0 Å². The average Bonchev–Trinajstić information content (AvgIpc) is 2.36. The number of aryl methyl sites for hydroxylation is 2. The third kappa shape index (κ3) is 4.07. The van der Waals surface area contributed by atoms with Gasteiger partial charge < -0.3 is 10.0 Å². The molecule has 0 spiro atoms. The maximum Gasteiger partial charge on any atom is 0.0712 e. The Morgan fingerprint density at radius 2 is 1.80 bits per heavy atom. The van der Waals surface area contributed by atoms with Gasteiger partial charge in [0.25, 0.3) is 0 Å². The largest absolute Gasteiger partial charge is 0.389 e. The number of likely N-dealkylation sites (tertiary alicyclic amines) is 1. The Morgan fingerprint density at radius 1 is 1.15 bits per heavy atom. The first-order valence-corrected chi connectivity index (χ1v) is 7.89. The summed E-state index contributed by atoms with van der Waals surface area (Å²) in [6.07, 6.45) is 2.59. The number of hydrogen-bond acceptors (Lipinski definition) is 2. The molecule has 1 saturated heterocycles. The van der Waals surface area contributed by atoms with E-state index in [1.165, 1.54) is 16.7 Å². The predicted octanol–water partition coefficient (Wildman–Crippen LogP) is 3.33. The molecule has 1 heterocycles. The minimum Gasteiger partial charge on any atom is -0.389 e. The molecule has 1 aromatic carbocycles. The van der Waals surface area contributed by atoms with Crippen LogP contribution in [0.2, 0.25) is 0 Å². The van der Waals surface area contributed by atoms with Gasteiger partial charge in [-0.15, -0.1) is 0 Å². The molecule has 0 unspecified atom stereocenters. The fourth-order valence-electron chi connectivity index (χ4n) is 3.14. The van der Waals surface area contributed by atoms with Crippen LogP contribution in [0.3, 0.4) is 0 Å². The molecule has 0 aliphatic carbocycles. The molecule has 1 aromatic rings. The van der Waals surface area contributed by atoms with Crippen molar-refractivity contribution in [2.24, 2.45) is 5.92 Å². The third-order valence-corrected chi connectivity index (χ3v) is 4.51. The first-order valence-electron chi connectivity index (χ1n) is 7.89. The molecule has 2 rings (SSSR count). The number of piperidine rings is 1. The van der Waals surface area contributed by atoms with Crippen molar-refractivity contribution >= 4 is 0 Å². The van der Waals surface area contributed by atoms with E-state index in [2.05, 4.69) is 50.8 Å². The molecule has 112 valence electrons. The van der Waals surface area contributed by atoms with E-state index >= 15 is 0 Å². The Morgan fingerprint density at radius 3 is 2.35 bits per heavy atom. The van der Waals surface area contributed by atoms with Crippen LogP contribution < -0.4 is 0 Å². The van der Waals surface area contributed by atoms with Crippen LogP contribution in [0.5, 0.6) is 0 Å². The molecule has 0 saturated carbocycles. The highest BCUT2D eigenvalue weighted by molar-refractivity contribution is 5.30. The molecular formula is C18H29NO. The minimum absolute atomic E-state index is 0.505. The third-order valence-electron chi connectivity index (χ3n) is 4.51. The Bertz CT molecular complexity index is 445. The zero-order valence-electron chi connectivity index (χ0n) is 13.4. The SMILES string of the molecule is Cc1ccc(CC2(O)CCN(CC(C)C)CC2)cc1C. The van der Waals surface area contributed by atoms with E-state index in [9.17, 15) is 5.11 Å². The van der Waals surface area contributed by atoms with Gasteiger partial charge in [0.15, 0.2) is 0 Å². The van der Waals surface area contributed by atoms with Gasteiger partial charge in [-0.3, -0.25) is 0 Å². The van der Waals surface area contributed by atoms with Gasteiger partial charge in [0.1, 0.15) is 0 Å². The van der Waals surface area contributed by atoms with Crippen molar-refractivity contribution in [1.82, 2.24) is 4.90 Å². The molecule has 1 fully saturated rings. The van der Waals surface area contributed by atoms with Gasteiger partial charge in [-0.2, -0.15) is 0 Å². The van der Waals surface area contributed by atoms with Crippen LogP contribution >= 0.6 is 0 Å². The van der Waals surface area contributed by atoms with Crippen molar-refractivity contribution in [3.05, 3.63) is 34.9 Å². The summed E-state index contributed by atoms with van der Waals surface area (Å²) in [4.78, 5) is 2.49. The molecule has 0 amide bonds. The molecule has 0 aromatic heterocycles. The number of hydrogen-bond donors (Lipinski definition) is 1. The molecule has 2 nitrogen and oxygen atoms in total. The lowest BCUT2D eigenvalue weighted by Gasteiger charge is -2.39. The topological polar surface area (TPSA) is 23.5 Å². The van der Waals surface area contributed by atoms with Gasteiger partial charge in [-0.05, 0) is 49.3 Å². The van der Waals surface area contributed by atoms with E-state index in [1.54, 1.807) is 0 Å². The molecule has 0 bridgehead atoms. The molecule has 1 N–H and O–H groups in total. The zero-order chi connectivity index (χ0) is 14.8. The number of aliphatic hydroxyl groups is 1. The van der Waals surface area contributed by atoms with Crippen LogP contribution in [-0.4, -0.2) is 35.2 Å². The summed E-state index contributed by atoms with van der Waals surface area (Å²) in [7, 11) is 0. The number of benzene rings is 1. The standard InChI is InChI=1S/C18H29NO/c1-14(2)13-19-9-7-18(20,8-10-19)12-17-6-5-15(3)16(4)11-17/h5-6,11,14,20H,7-10,12-13H2,1-4H3. The summed E-state index contributed by atoms with van der Waals surface area (Å²) in [6.45, 7) is 12.0. The van der Waals surface area contributed by atoms with Crippen LogP contribution in [0.1, 0.15) is 43.4 Å². The zero-order valence-corrected chi connectivity index (χ0v) is 13.4. The maximum absolute atomic E-state index is 10.8. The fourth-order valence-corrected chi connectivity index (χ4v) is 3.14. The van der Waals surface area contributed by atoms with Crippen LogP contribution in [0.25, 0.3) is 0 Å². The van der Waals surface area contributed by atoms with E-state index in [0.29, 0.717) is 5.92 Å². The Balaban J connectivity index is 1.94. The van der Waals surface area contributed by atoms with Crippen LogP contribution in [0, 0.1) is 19.8 Å². The van der Waals surface area contributed by atoms with E-state index < -0.39 is 5.60 Å². The normalized spacial score (nSPS) is 19.5. The van der Waals surface area contributed by atoms with Crippen molar-refractivity contribution in [1.29, 1.82) is 0 Å². The summed E-state index contributed by atoms with van der Waals surface area (Å²) in [5, 5.41) is 10.8. The van der Waals surface area contributed by atoms with E-state index in [1.807, 2.05) is 0 Å². The molecule has 1 aliphatic heterocycles. The van der Waals surface area contributed by atoms with Gasteiger partial charge in [0.2, 0.25) is 0 Å². The van der Waals surface area contributed by atoms with Crippen molar-refractivity contribution < 1.29 is 5.11 Å². The quantitative estimate of drug-likeness (QED) is 0.911. The van der Waals surface area contributed by atoms with Gasteiger partial charge in [0, 0.05) is 26.1 Å². The molecule has 20 heavy (non-hydrogen) atoms. The first kappa shape index (κ1) is 15.5. The average molecular weight is 275 g/mol. The highest BCUT2D eigenvalue weighted by atomic mass is 16.3. The fraction of sp³-hybridized carbons (Fsp3) is 0.667. The lowest BCUT2D eigenvalue weighted by atomic mass is 9.84. The first-order chi connectivity index (χ1) is 9.38. The minimum atomic E-state index is -0.505. The predicted molar refractivity (Wildman–Crippen MR) is 85.1 cm³/mol. The van der Waals surface area contributed by atoms with Crippen LogP contribution in [0.4, 0.5) is 0 Å². The van der Waals surface area contributed by atoms with Gasteiger partial charge in [-0.25, -0.2) is 0 Å². The Labute approximate surface area is 123 Å². The number of rotatable bonds is 4. The van der Waals surface area contributed by atoms with E-state index in [4.69, 9.17) is 0 Å². The second-order valence-corrected chi connectivity index (χ2v) is 7.01. The monoisotopic (exact) mass is 275 g/mol. The lowest BCUT2D eigenvalue weighted by molar-refractivity contribution is -0.0227. The summed E-state index contributed by atoms with van der Waals surface area (Å²) in [6, 6.07) is 6.57. The summed E-state index contributed by atoms with van der Waals surface area (Å²) < 4.78 is 0. The van der Waals surface area contributed by atoms with Gasteiger partial charge in [0.05, 0.1) is 5.60 Å². The second-order valence-electron chi connectivity index (χ2n) is 7.01. The molecule has 0 radical (unpaired) electrons. The van der Waals surface area contributed by atoms with Crippen molar-refractivity contribution in [2.45, 2.75) is 52.6 Å². The summed E-state index contributed by atoms with van der Waals surface area (Å²) >= 11 is 0. The van der Waals surface area contributed by atoms with Gasteiger partial charge in [-0.1, -0.05) is 32.0 Å². The van der Waals surface area contributed by atoms with E-state index in [0.717, 1.165) is 38.9 Å². The smallest absolute Gasteiger partial charge is 0.0712 e. The molecule has 0 atom stereocenters. The van der Waals surface area contributed by atoms with Crippen LogP contribution in [0.15, 0.2) is 18.2 Å². The molecule has 1 aliphatic rings. The highest BCUT2D eigenvalue weighted by Crippen LogP contribution is 2.27. The van der Waals surface area contributed by atoms with Crippen LogP contribution in [-0.2, 0) is 6.42 Å². The lowest BCUT2D eigenvalue weighted by Crippen LogP contribution is -2.46. The van der Waals surface area contributed by atoms with Crippen molar-refractivity contribution in [3.8, 4) is 0 Å². The maximum atomic E-state index is 10.8. The highest BCUT2D eigenvalue weighted by Gasteiger charge is 2.32. The molecular weight excluding hydrogens is 246 g/mol. The Kier molecular flexibility index (Phi) is 4.87. The summed E-state index contributed by atoms with van der Waals surface area (Å²) in [5.41, 5.74) is 3.42. The number of nitrogens with zero attached hydrogens (tertiary/aromatic N) is 1. The van der Waals surface area contributed by atoms with Crippen molar-refractivity contribution in [3.63, 3.8) is 0 Å². The molecule has 2 heteroatoms. The van der Waals surface area contributed by atoms with E-state index in [-0.39, 0.29) is 0 Å². The summed E-state index contributed by atoms with van der Waals surface area (Å²) in [5.74, 6) is 0.709. The Hall–Kier alpha value is -0.860.